The van der Waals surface area contributed by atoms with Crippen LogP contribution in [-0.4, -0.2) is 59.7 Å². The van der Waals surface area contributed by atoms with Gasteiger partial charge in [0.25, 0.3) is 0 Å². The number of piperazine rings is 1. The van der Waals surface area contributed by atoms with E-state index in [1.54, 1.807) is 4.90 Å². The molecule has 0 unspecified atom stereocenters. The first-order chi connectivity index (χ1) is 14.3. The highest BCUT2D eigenvalue weighted by Gasteiger charge is 2.30. The normalized spacial score (nSPS) is 15.6. The second-order valence-corrected chi connectivity index (χ2v) is 9.00. The zero-order valence-electron chi connectivity index (χ0n) is 16.0. The van der Waals surface area contributed by atoms with Crippen LogP contribution in [0.5, 0.6) is 0 Å². The molecule has 0 aliphatic carbocycles. The van der Waals surface area contributed by atoms with Gasteiger partial charge in [0.15, 0.2) is 11.6 Å². The van der Waals surface area contributed by atoms with E-state index in [2.05, 4.69) is 9.97 Å². The molecule has 1 N–H and O–H groups in total. The van der Waals surface area contributed by atoms with Crippen molar-refractivity contribution in [2.75, 3.05) is 26.2 Å². The third kappa shape index (κ3) is 4.05. The Kier molecular flexibility index (Phi) is 5.52. The predicted molar refractivity (Wildman–Crippen MR) is 106 cm³/mol. The van der Waals surface area contributed by atoms with E-state index < -0.39 is 21.7 Å². The number of benzene rings is 2. The molecular formula is C20H20F2N4O3S. The maximum atomic E-state index is 13.4. The minimum absolute atomic E-state index is 0.0830. The molecule has 158 valence electrons. The molecule has 1 saturated heterocycles. The molecule has 7 nitrogen and oxygen atoms in total. The number of nitrogens with zero attached hydrogens (tertiary/aromatic N) is 3. The van der Waals surface area contributed by atoms with Crippen LogP contribution in [0.15, 0.2) is 47.4 Å². The SMILES string of the molecule is O=C(CCc1nc2ccccc2[nH]1)N1CCN(S(=O)(=O)c2ccc(F)c(F)c2)CC1. The fourth-order valence-electron chi connectivity index (χ4n) is 3.47. The van der Waals surface area contributed by atoms with Crippen molar-refractivity contribution in [2.24, 2.45) is 0 Å². The highest BCUT2D eigenvalue weighted by Crippen LogP contribution is 2.20. The predicted octanol–water partition coefficient (Wildman–Crippen LogP) is 2.31. The Balaban J connectivity index is 1.34. The number of rotatable bonds is 5. The summed E-state index contributed by atoms with van der Waals surface area (Å²) in [4.78, 5) is 21.5. The lowest BCUT2D eigenvalue weighted by molar-refractivity contribution is -0.132. The minimum atomic E-state index is -3.95. The average molecular weight is 434 g/mol. The van der Waals surface area contributed by atoms with Crippen LogP contribution in [0.3, 0.4) is 0 Å². The van der Waals surface area contributed by atoms with Crippen molar-refractivity contribution >= 4 is 27.0 Å². The van der Waals surface area contributed by atoms with Crippen LogP contribution < -0.4 is 0 Å². The van der Waals surface area contributed by atoms with E-state index in [9.17, 15) is 22.0 Å². The van der Waals surface area contributed by atoms with Gasteiger partial charge >= 0.3 is 0 Å². The first-order valence-corrected chi connectivity index (χ1v) is 11.0. The first-order valence-electron chi connectivity index (χ1n) is 9.51. The number of carbonyl (C=O) groups is 1. The van der Waals surface area contributed by atoms with Crippen LogP contribution in [0, 0.1) is 11.6 Å². The number of carbonyl (C=O) groups excluding carboxylic acids is 1. The molecule has 0 radical (unpaired) electrons. The van der Waals surface area contributed by atoms with E-state index in [1.165, 1.54) is 4.31 Å². The summed E-state index contributed by atoms with van der Waals surface area (Å²) in [5.41, 5.74) is 1.76. The Hall–Kier alpha value is -2.85. The first kappa shape index (κ1) is 20.4. The molecule has 10 heteroatoms. The molecule has 3 aromatic rings. The van der Waals surface area contributed by atoms with Gasteiger partial charge in [0.1, 0.15) is 5.82 Å². The number of fused-ring (bicyclic) bond motifs is 1. The number of sulfonamides is 1. The summed E-state index contributed by atoms with van der Waals surface area (Å²) in [6.07, 6.45) is 0.719. The summed E-state index contributed by atoms with van der Waals surface area (Å²) in [6, 6.07) is 10.1. The summed E-state index contributed by atoms with van der Waals surface area (Å²) < 4.78 is 53.0. The van der Waals surface area contributed by atoms with Crippen molar-refractivity contribution in [3.05, 3.63) is 59.9 Å². The highest BCUT2D eigenvalue weighted by atomic mass is 32.2. The number of aromatic nitrogens is 2. The standard InChI is InChI=1S/C20H20F2N4O3S/c21-15-6-5-14(13-16(15)22)30(28,29)26-11-9-25(10-12-26)20(27)8-7-19-23-17-3-1-2-4-18(17)24-19/h1-6,13H,7-12H2,(H,23,24). The molecule has 1 aromatic heterocycles. The van der Waals surface area contributed by atoms with E-state index in [0.29, 0.717) is 12.5 Å². The fourth-order valence-corrected chi connectivity index (χ4v) is 4.91. The summed E-state index contributed by atoms with van der Waals surface area (Å²) in [5.74, 6) is -1.67. The molecule has 2 aromatic carbocycles. The largest absolute Gasteiger partial charge is 0.342 e. The van der Waals surface area contributed by atoms with Gasteiger partial charge in [0.05, 0.1) is 15.9 Å². The summed E-state index contributed by atoms with van der Waals surface area (Å²) in [6.45, 7) is 0.666. The van der Waals surface area contributed by atoms with Crippen molar-refractivity contribution in [3.8, 4) is 0 Å². The Morgan fingerprint density at radius 2 is 1.77 bits per heavy atom. The van der Waals surface area contributed by atoms with Crippen molar-refractivity contribution in [3.63, 3.8) is 0 Å². The van der Waals surface area contributed by atoms with Gasteiger partial charge < -0.3 is 9.88 Å². The van der Waals surface area contributed by atoms with E-state index >= 15 is 0 Å². The van der Waals surface area contributed by atoms with Gasteiger partial charge in [-0.15, -0.1) is 0 Å². The van der Waals surface area contributed by atoms with Gasteiger partial charge in [-0.1, -0.05) is 12.1 Å². The summed E-state index contributed by atoms with van der Waals surface area (Å²) >= 11 is 0. The van der Waals surface area contributed by atoms with Crippen LogP contribution in [0.1, 0.15) is 12.2 Å². The molecule has 4 rings (SSSR count). The lowest BCUT2D eigenvalue weighted by atomic mass is 10.2. The molecular weight excluding hydrogens is 414 g/mol. The van der Waals surface area contributed by atoms with E-state index in [4.69, 9.17) is 0 Å². The number of amides is 1. The molecule has 0 bridgehead atoms. The van der Waals surface area contributed by atoms with Gasteiger partial charge in [0, 0.05) is 39.0 Å². The number of H-pyrrole nitrogens is 1. The van der Waals surface area contributed by atoms with Crippen LogP contribution in [0.2, 0.25) is 0 Å². The van der Waals surface area contributed by atoms with Gasteiger partial charge in [-0.2, -0.15) is 4.31 Å². The summed E-state index contributed by atoms with van der Waals surface area (Å²) in [5, 5.41) is 0. The third-order valence-corrected chi connectivity index (χ3v) is 7.03. The quantitative estimate of drug-likeness (QED) is 0.668. The van der Waals surface area contributed by atoms with Crippen LogP contribution >= 0.6 is 0 Å². The summed E-state index contributed by atoms with van der Waals surface area (Å²) in [7, 11) is -3.95. The molecule has 1 amide bonds. The zero-order valence-corrected chi connectivity index (χ0v) is 16.8. The topological polar surface area (TPSA) is 86.4 Å². The van der Waals surface area contributed by atoms with Crippen molar-refractivity contribution in [1.29, 1.82) is 0 Å². The Morgan fingerprint density at radius 3 is 2.47 bits per heavy atom. The molecule has 30 heavy (non-hydrogen) atoms. The van der Waals surface area contributed by atoms with Gasteiger partial charge in [0.2, 0.25) is 15.9 Å². The maximum Gasteiger partial charge on any atom is 0.243 e. The van der Waals surface area contributed by atoms with E-state index in [-0.39, 0.29) is 43.4 Å². The number of nitrogens with one attached hydrogen (secondary N) is 1. The fraction of sp³-hybridized carbons (Fsp3) is 0.300. The second kappa shape index (κ2) is 8.11. The van der Waals surface area contributed by atoms with Gasteiger partial charge in [-0.25, -0.2) is 22.2 Å². The average Bonchev–Trinajstić information content (AvgIpc) is 3.17. The third-order valence-electron chi connectivity index (χ3n) is 5.13. The van der Waals surface area contributed by atoms with Gasteiger partial charge in [-0.05, 0) is 30.3 Å². The number of imidazole rings is 1. The van der Waals surface area contributed by atoms with Crippen molar-refractivity contribution < 1.29 is 22.0 Å². The lowest BCUT2D eigenvalue weighted by Gasteiger charge is -2.34. The maximum absolute atomic E-state index is 13.4. The molecule has 2 heterocycles. The number of hydrogen-bond acceptors (Lipinski definition) is 4. The molecule has 0 spiro atoms. The van der Waals surface area contributed by atoms with Crippen molar-refractivity contribution in [2.45, 2.75) is 17.7 Å². The van der Waals surface area contributed by atoms with Crippen LogP contribution in [0.25, 0.3) is 11.0 Å². The lowest BCUT2D eigenvalue weighted by Crippen LogP contribution is -2.50. The molecule has 0 saturated carbocycles. The highest BCUT2D eigenvalue weighted by molar-refractivity contribution is 7.89. The number of hydrogen-bond donors (Lipinski definition) is 1. The van der Waals surface area contributed by atoms with Crippen molar-refractivity contribution in [1.82, 2.24) is 19.2 Å². The Morgan fingerprint density at radius 1 is 1.03 bits per heavy atom. The van der Waals surface area contributed by atoms with Crippen LogP contribution in [0.4, 0.5) is 8.78 Å². The smallest absolute Gasteiger partial charge is 0.243 e. The van der Waals surface area contributed by atoms with Gasteiger partial charge in [-0.3, -0.25) is 4.79 Å². The zero-order chi connectivity index (χ0) is 21.3. The second-order valence-electron chi connectivity index (χ2n) is 7.06. The van der Waals surface area contributed by atoms with E-state index in [0.717, 1.165) is 29.0 Å². The number of aryl methyl sites for hydroxylation is 1. The Bertz CT molecular complexity index is 1150. The molecule has 1 fully saturated rings. The number of para-hydroxylation sites is 2. The van der Waals surface area contributed by atoms with E-state index in [1.807, 2.05) is 24.3 Å². The van der Waals surface area contributed by atoms with Crippen LogP contribution in [-0.2, 0) is 21.2 Å². The Labute approximate surface area is 172 Å². The molecule has 1 aliphatic rings. The number of aromatic amines is 1. The monoisotopic (exact) mass is 434 g/mol. The minimum Gasteiger partial charge on any atom is -0.342 e. The molecule has 1 aliphatic heterocycles. The number of halogens is 2. The molecule has 0 atom stereocenters.